The van der Waals surface area contributed by atoms with Crippen LogP contribution in [-0.4, -0.2) is 36.6 Å². The molecule has 2 heteroatoms. The molecule has 2 heterocycles. The first kappa shape index (κ1) is 11.4. The summed E-state index contributed by atoms with van der Waals surface area (Å²) < 4.78 is 0. The van der Waals surface area contributed by atoms with Gasteiger partial charge in [-0.2, -0.15) is 0 Å². The Morgan fingerprint density at radius 2 is 2.00 bits per heavy atom. The molecule has 2 saturated heterocycles. The van der Waals surface area contributed by atoms with Crippen molar-refractivity contribution in [2.24, 2.45) is 11.8 Å². The van der Waals surface area contributed by atoms with Crippen molar-refractivity contribution in [3.05, 3.63) is 0 Å². The van der Waals surface area contributed by atoms with Crippen molar-refractivity contribution in [2.75, 3.05) is 19.6 Å². The lowest BCUT2D eigenvalue weighted by molar-refractivity contribution is 0.0644. The topological polar surface area (TPSA) is 15.3 Å². The van der Waals surface area contributed by atoms with Gasteiger partial charge in [-0.15, -0.1) is 0 Å². The van der Waals surface area contributed by atoms with Gasteiger partial charge in [0.1, 0.15) is 0 Å². The number of rotatable bonds is 2. The minimum absolute atomic E-state index is 0.806. The maximum absolute atomic E-state index is 3.56. The Morgan fingerprint density at radius 3 is 2.73 bits per heavy atom. The molecular formula is C13H26N2. The average molecular weight is 210 g/mol. The summed E-state index contributed by atoms with van der Waals surface area (Å²) in [5.74, 6) is 1.79. The Bertz CT molecular complexity index is 205. The van der Waals surface area contributed by atoms with Crippen LogP contribution in [0.1, 0.15) is 40.0 Å². The highest BCUT2D eigenvalue weighted by atomic mass is 15.2. The third kappa shape index (κ3) is 2.36. The Kier molecular flexibility index (Phi) is 3.68. The van der Waals surface area contributed by atoms with Gasteiger partial charge in [0.05, 0.1) is 0 Å². The van der Waals surface area contributed by atoms with Gasteiger partial charge < -0.3 is 5.32 Å². The smallest absolute Gasteiger partial charge is 0.0263 e. The van der Waals surface area contributed by atoms with Gasteiger partial charge in [-0.3, -0.25) is 4.90 Å². The SMILES string of the molecule is CCC1CNCC1N1CC(C)CCC1C. The third-order valence-electron chi connectivity index (χ3n) is 4.42. The van der Waals surface area contributed by atoms with Gasteiger partial charge in [-0.25, -0.2) is 0 Å². The second kappa shape index (κ2) is 4.84. The fourth-order valence-corrected chi connectivity index (χ4v) is 3.31. The van der Waals surface area contributed by atoms with E-state index in [0.29, 0.717) is 0 Å². The summed E-state index contributed by atoms with van der Waals surface area (Å²) in [6, 6.07) is 1.62. The van der Waals surface area contributed by atoms with Crippen molar-refractivity contribution in [2.45, 2.75) is 52.1 Å². The second-order valence-electron chi connectivity index (χ2n) is 5.62. The van der Waals surface area contributed by atoms with Gasteiger partial charge in [-0.1, -0.05) is 20.3 Å². The third-order valence-corrected chi connectivity index (χ3v) is 4.42. The predicted molar refractivity (Wildman–Crippen MR) is 65.0 cm³/mol. The van der Waals surface area contributed by atoms with Crippen molar-refractivity contribution in [1.82, 2.24) is 10.2 Å². The van der Waals surface area contributed by atoms with Crippen LogP contribution in [0.3, 0.4) is 0 Å². The van der Waals surface area contributed by atoms with Crippen molar-refractivity contribution >= 4 is 0 Å². The van der Waals surface area contributed by atoms with E-state index < -0.39 is 0 Å². The first-order chi connectivity index (χ1) is 7.22. The zero-order valence-electron chi connectivity index (χ0n) is 10.5. The lowest BCUT2D eigenvalue weighted by Crippen LogP contribution is -2.50. The summed E-state index contributed by atoms with van der Waals surface area (Å²) in [5.41, 5.74) is 0. The average Bonchev–Trinajstić information content (AvgIpc) is 2.69. The van der Waals surface area contributed by atoms with Crippen LogP contribution < -0.4 is 5.32 Å². The van der Waals surface area contributed by atoms with E-state index in [9.17, 15) is 0 Å². The number of hydrogen-bond acceptors (Lipinski definition) is 2. The van der Waals surface area contributed by atoms with Gasteiger partial charge in [-0.05, 0) is 38.1 Å². The van der Waals surface area contributed by atoms with Crippen molar-refractivity contribution in [1.29, 1.82) is 0 Å². The van der Waals surface area contributed by atoms with E-state index in [0.717, 1.165) is 23.9 Å². The Balaban J connectivity index is 2.00. The van der Waals surface area contributed by atoms with Crippen LogP contribution in [0.2, 0.25) is 0 Å². The van der Waals surface area contributed by atoms with Gasteiger partial charge in [0, 0.05) is 25.2 Å². The number of nitrogens with one attached hydrogen (secondary N) is 1. The quantitative estimate of drug-likeness (QED) is 0.751. The van der Waals surface area contributed by atoms with Gasteiger partial charge >= 0.3 is 0 Å². The summed E-state index contributed by atoms with van der Waals surface area (Å²) in [4.78, 5) is 2.78. The number of nitrogens with zero attached hydrogens (tertiary/aromatic N) is 1. The Hall–Kier alpha value is -0.0800. The molecule has 0 amide bonds. The number of hydrogen-bond donors (Lipinski definition) is 1. The zero-order valence-corrected chi connectivity index (χ0v) is 10.5. The molecule has 2 nitrogen and oxygen atoms in total. The van der Waals surface area contributed by atoms with Crippen LogP contribution >= 0.6 is 0 Å². The summed E-state index contributed by atoms with van der Waals surface area (Å²) in [7, 11) is 0. The minimum atomic E-state index is 0.806. The molecule has 2 aliphatic rings. The molecule has 4 atom stereocenters. The molecule has 0 aromatic carbocycles. The minimum Gasteiger partial charge on any atom is -0.315 e. The maximum Gasteiger partial charge on any atom is 0.0263 e. The van der Waals surface area contributed by atoms with Crippen molar-refractivity contribution in [3.63, 3.8) is 0 Å². The maximum atomic E-state index is 3.56. The molecule has 0 spiro atoms. The van der Waals surface area contributed by atoms with E-state index in [-0.39, 0.29) is 0 Å². The van der Waals surface area contributed by atoms with E-state index in [4.69, 9.17) is 0 Å². The molecule has 2 aliphatic heterocycles. The molecule has 0 aromatic rings. The normalized spacial score (nSPS) is 43.4. The van der Waals surface area contributed by atoms with Crippen LogP contribution in [0.15, 0.2) is 0 Å². The summed E-state index contributed by atoms with van der Waals surface area (Å²) >= 11 is 0. The van der Waals surface area contributed by atoms with E-state index in [1.807, 2.05) is 0 Å². The van der Waals surface area contributed by atoms with E-state index in [2.05, 4.69) is 31.0 Å². The molecule has 0 bridgehead atoms. The highest BCUT2D eigenvalue weighted by Gasteiger charge is 2.35. The lowest BCUT2D eigenvalue weighted by Gasteiger charge is -2.42. The van der Waals surface area contributed by atoms with E-state index in [1.54, 1.807) is 0 Å². The van der Waals surface area contributed by atoms with E-state index in [1.165, 1.54) is 38.9 Å². The molecular weight excluding hydrogens is 184 g/mol. The van der Waals surface area contributed by atoms with Crippen LogP contribution in [0.4, 0.5) is 0 Å². The molecule has 88 valence electrons. The van der Waals surface area contributed by atoms with E-state index >= 15 is 0 Å². The first-order valence-electron chi connectivity index (χ1n) is 6.68. The highest BCUT2D eigenvalue weighted by molar-refractivity contribution is 4.92. The molecule has 0 aromatic heterocycles. The second-order valence-corrected chi connectivity index (χ2v) is 5.62. The molecule has 0 radical (unpaired) electrons. The van der Waals surface area contributed by atoms with Crippen LogP contribution in [0, 0.1) is 11.8 Å². The lowest BCUT2D eigenvalue weighted by atomic mass is 9.90. The van der Waals surface area contributed by atoms with Crippen molar-refractivity contribution in [3.8, 4) is 0 Å². The zero-order chi connectivity index (χ0) is 10.8. The van der Waals surface area contributed by atoms with Gasteiger partial charge in [0.2, 0.25) is 0 Å². The number of piperidine rings is 1. The van der Waals surface area contributed by atoms with Crippen LogP contribution in [-0.2, 0) is 0 Å². The first-order valence-corrected chi connectivity index (χ1v) is 6.68. The predicted octanol–water partition coefficient (Wildman–Crippen LogP) is 2.10. The number of likely N-dealkylation sites (tertiary alicyclic amines) is 1. The van der Waals surface area contributed by atoms with Crippen LogP contribution in [0.25, 0.3) is 0 Å². The molecule has 2 rings (SSSR count). The van der Waals surface area contributed by atoms with Crippen molar-refractivity contribution < 1.29 is 0 Å². The Labute approximate surface area is 94.4 Å². The van der Waals surface area contributed by atoms with Crippen LogP contribution in [0.5, 0.6) is 0 Å². The van der Waals surface area contributed by atoms with Gasteiger partial charge in [0.15, 0.2) is 0 Å². The largest absolute Gasteiger partial charge is 0.315 e. The van der Waals surface area contributed by atoms with Gasteiger partial charge in [0.25, 0.3) is 0 Å². The standard InChI is InChI=1S/C13H26N2/c1-4-12-7-14-8-13(12)15-9-10(2)5-6-11(15)3/h10-14H,4-9H2,1-3H3. The monoisotopic (exact) mass is 210 g/mol. The molecule has 1 N–H and O–H groups in total. The molecule has 2 fully saturated rings. The molecule has 0 saturated carbocycles. The Morgan fingerprint density at radius 1 is 1.20 bits per heavy atom. The highest BCUT2D eigenvalue weighted by Crippen LogP contribution is 2.28. The molecule has 4 unspecified atom stereocenters. The fourth-order valence-electron chi connectivity index (χ4n) is 3.31. The molecule has 0 aliphatic carbocycles. The summed E-state index contributed by atoms with van der Waals surface area (Å²) in [5, 5.41) is 3.56. The fraction of sp³-hybridized carbons (Fsp3) is 1.00. The summed E-state index contributed by atoms with van der Waals surface area (Å²) in [6.07, 6.45) is 4.15. The molecule has 15 heavy (non-hydrogen) atoms. The summed E-state index contributed by atoms with van der Waals surface area (Å²) in [6.45, 7) is 10.9.